The van der Waals surface area contributed by atoms with Crippen LogP contribution in [0.1, 0.15) is 18.9 Å². The number of nitrogens with zero attached hydrogens (tertiary/aromatic N) is 1. The van der Waals surface area contributed by atoms with E-state index in [9.17, 15) is 5.11 Å². The standard InChI is InChI=1S/C10H13N3OS/c1-2-9(12-13-10(11)15)7-4-3-5-8(14)6-7/h3-6,14H,2H2,1H3,(H3,11,13,15)/b12-9+. The Morgan fingerprint density at radius 3 is 2.87 bits per heavy atom. The predicted octanol–water partition coefficient (Wildman–Crippen LogP) is 1.34. The lowest BCUT2D eigenvalue weighted by atomic mass is 10.1. The van der Waals surface area contributed by atoms with Crippen LogP contribution in [0.4, 0.5) is 0 Å². The summed E-state index contributed by atoms with van der Waals surface area (Å²) in [5, 5.41) is 13.5. The van der Waals surface area contributed by atoms with Gasteiger partial charge in [0.1, 0.15) is 5.75 Å². The number of phenolic OH excluding ortho intramolecular Hbond substituents is 1. The lowest BCUT2D eigenvalue weighted by Gasteiger charge is -2.04. The fourth-order valence-electron chi connectivity index (χ4n) is 1.16. The average molecular weight is 223 g/mol. The molecular formula is C10H13N3OS. The van der Waals surface area contributed by atoms with Gasteiger partial charge in [0.25, 0.3) is 0 Å². The summed E-state index contributed by atoms with van der Waals surface area (Å²) in [6.07, 6.45) is 0.721. The molecule has 0 bridgehead atoms. The molecule has 0 aliphatic rings. The van der Waals surface area contributed by atoms with Gasteiger partial charge in [0, 0.05) is 5.56 Å². The molecule has 0 atom stereocenters. The number of nitrogens with one attached hydrogen (secondary N) is 1. The first-order chi connectivity index (χ1) is 7.13. The van der Waals surface area contributed by atoms with E-state index in [1.165, 1.54) is 0 Å². The molecule has 4 N–H and O–H groups in total. The summed E-state index contributed by atoms with van der Waals surface area (Å²) >= 11 is 4.65. The Balaban J connectivity index is 2.92. The van der Waals surface area contributed by atoms with Crippen LogP contribution in [-0.4, -0.2) is 15.9 Å². The van der Waals surface area contributed by atoms with Crippen molar-refractivity contribution >= 4 is 23.0 Å². The molecule has 1 aromatic rings. The molecule has 0 amide bonds. The number of rotatable bonds is 3. The largest absolute Gasteiger partial charge is 0.508 e. The lowest BCUT2D eigenvalue weighted by Crippen LogP contribution is -2.25. The molecule has 0 radical (unpaired) electrons. The van der Waals surface area contributed by atoms with Gasteiger partial charge in [0.15, 0.2) is 5.11 Å². The fraction of sp³-hybridized carbons (Fsp3) is 0.200. The SMILES string of the molecule is CC/C(=N\NC(N)=S)c1cccc(O)c1. The highest BCUT2D eigenvalue weighted by molar-refractivity contribution is 7.80. The summed E-state index contributed by atoms with van der Waals surface area (Å²) in [5.74, 6) is 0.212. The number of thiocarbonyl (C=S) groups is 1. The lowest BCUT2D eigenvalue weighted by molar-refractivity contribution is 0.475. The van der Waals surface area contributed by atoms with Crippen molar-refractivity contribution in [1.29, 1.82) is 0 Å². The van der Waals surface area contributed by atoms with E-state index in [2.05, 4.69) is 22.7 Å². The zero-order valence-corrected chi connectivity index (χ0v) is 9.21. The molecule has 0 spiro atoms. The van der Waals surface area contributed by atoms with Crippen LogP contribution < -0.4 is 11.2 Å². The average Bonchev–Trinajstić information content (AvgIpc) is 2.18. The summed E-state index contributed by atoms with van der Waals surface area (Å²) in [6.45, 7) is 1.96. The molecule has 0 fully saturated rings. The van der Waals surface area contributed by atoms with Crippen molar-refractivity contribution < 1.29 is 5.11 Å². The summed E-state index contributed by atoms with van der Waals surface area (Å²) in [6, 6.07) is 6.88. The number of phenols is 1. The number of benzene rings is 1. The predicted molar refractivity (Wildman–Crippen MR) is 64.9 cm³/mol. The molecule has 0 unspecified atom stereocenters. The van der Waals surface area contributed by atoms with Gasteiger partial charge in [-0.2, -0.15) is 5.10 Å². The van der Waals surface area contributed by atoms with E-state index in [0.717, 1.165) is 17.7 Å². The molecule has 5 heteroatoms. The first-order valence-corrected chi connectivity index (χ1v) is 4.95. The normalized spacial score (nSPS) is 11.1. The number of nitrogens with two attached hydrogens (primary N) is 1. The number of aromatic hydroxyl groups is 1. The van der Waals surface area contributed by atoms with Gasteiger partial charge in [0.05, 0.1) is 5.71 Å². The Labute approximate surface area is 93.8 Å². The minimum Gasteiger partial charge on any atom is -0.508 e. The van der Waals surface area contributed by atoms with Crippen LogP contribution in [-0.2, 0) is 0 Å². The van der Waals surface area contributed by atoms with E-state index in [-0.39, 0.29) is 10.9 Å². The van der Waals surface area contributed by atoms with Gasteiger partial charge in [-0.05, 0) is 30.8 Å². The van der Waals surface area contributed by atoms with Crippen molar-refractivity contribution in [1.82, 2.24) is 5.43 Å². The molecule has 0 saturated carbocycles. The van der Waals surface area contributed by atoms with Gasteiger partial charge in [-0.1, -0.05) is 19.1 Å². The molecule has 1 aromatic carbocycles. The Hall–Kier alpha value is -1.62. The second-order valence-electron chi connectivity index (χ2n) is 2.94. The highest BCUT2D eigenvalue weighted by Crippen LogP contribution is 2.12. The second kappa shape index (κ2) is 5.31. The number of hydrazone groups is 1. The monoisotopic (exact) mass is 223 g/mol. The van der Waals surface area contributed by atoms with E-state index in [4.69, 9.17) is 5.73 Å². The highest BCUT2D eigenvalue weighted by Gasteiger charge is 2.01. The second-order valence-corrected chi connectivity index (χ2v) is 3.38. The van der Waals surface area contributed by atoms with Crippen LogP contribution in [0.25, 0.3) is 0 Å². The third kappa shape index (κ3) is 3.55. The molecule has 0 aliphatic carbocycles. The van der Waals surface area contributed by atoms with Gasteiger partial charge >= 0.3 is 0 Å². The van der Waals surface area contributed by atoms with Gasteiger partial charge in [0.2, 0.25) is 0 Å². The maximum absolute atomic E-state index is 9.31. The molecule has 80 valence electrons. The van der Waals surface area contributed by atoms with Crippen molar-refractivity contribution in [3.8, 4) is 5.75 Å². The van der Waals surface area contributed by atoms with Crippen LogP contribution in [0.3, 0.4) is 0 Å². The van der Waals surface area contributed by atoms with Crippen molar-refractivity contribution in [3.05, 3.63) is 29.8 Å². The number of hydrogen-bond acceptors (Lipinski definition) is 3. The van der Waals surface area contributed by atoms with Crippen molar-refractivity contribution in [3.63, 3.8) is 0 Å². The number of hydrogen-bond donors (Lipinski definition) is 3. The Kier molecular flexibility index (Phi) is 4.05. The Morgan fingerprint density at radius 1 is 1.60 bits per heavy atom. The molecule has 4 nitrogen and oxygen atoms in total. The molecule has 0 aromatic heterocycles. The van der Waals surface area contributed by atoms with E-state index < -0.39 is 0 Å². The van der Waals surface area contributed by atoms with E-state index in [0.29, 0.717) is 0 Å². The molecule has 15 heavy (non-hydrogen) atoms. The Morgan fingerprint density at radius 2 is 2.33 bits per heavy atom. The van der Waals surface area contributed by atoms with Crippen LogP contribution >= 0.6 is 12.2 Å². The topological polar surface area (TPSA) is 70.6 Å². The minimum atomic E-state index is 0.126. The third-order valence-corrected chi connectivity index (χ3v) is 1.91. The zero-order valence-electron chi connectivity index (χ0n) is 8.40. The smallest absolute Gasteiger partial charge is 0.184 e. The van der Waals surface area contributed by atoms with Gasteiger partial charge in [-0.15, -0.1) is 0 Å². The third-order valence-electron chi connectivity index (χ3n) is 1.82. The quantitative estimate of drug-likeness (QED) is 0.411. The minimum absolute atomic E-state index is 0.126. The van der Waals surface area contributed by atoms with Crippen LogP contribution in [0, 0.1) is 0 Å². The van der Waals surface area contributed by atoms with Crippen LogP contribution in [0.2, 0.25) is 0 Å². The summed E-state index contributed by atoms with van der Waals surface area (Å²) in [7, 11) is 0. The zero-order chi connectivity index (χ0) is 11.3. The maximum Gasteiger partial charge on any atom is 0.184 e. The highest BCUT2D eigenvalue weighted by atomic mass is 32.1. The van der Waals surface area contributed by atoms with Crippen LogP contribution in [0.15, 0.2) is 29.4 Å². The van der Waals surface area contributed by atoms with E-state index >= 15 is 0 Å². The molecule has 1 rings (SSSR count). The van der Waals surface area contributed by atoms with Gasteiger partial charge in [-0.3, -0.25) is 5.43 Å². The van der Waals surface area contributed by atoms with Crippen molar-refractivity contribution in [2.45, 2.75) is 13.3 Å². The first kappa shape index (κ1) is 11.5. The summed E-state index contributed by atoms with van der Waals surface area (Å²) in [5.41, 5.74) is 9.44. The van der Waals surface area contributed by atoms with Crippen LogP contribution in [0.5, 0.6) is 5.75 Å². The molecular weight excluding hydrogens is 210 g/mol. The Bertz CT molecular complexity index is 390. The van der Waals surface area contributed by atoms with E-state index in [1.807, 2.05) is 13.0 Å². The summed E-state index contributed by atoms with van der Waals surface area (Å²) < 4.78 is 0. The van der Waals surface area contributed by atoms with E-state index in [1.54, 1.807) is 18.2 Å². The van der Waals surface area contributed by atoms with Gasteiger partial charge in [-0.25, -0.2) is 0 Å². The van der Waals surface area contributed by atoms with Crippen molar-refractivity contribution in [2.24, 2.45) is 10.8 Å². The molecule has 0 aliphatic heterocycles. The maximum atomic E-state index is 9.31. The molecule has 0 saturated heterocycles. The first-order valence-electron chi connectivity index (χ1n) is 4.55. The summed E-state index contributed by atoms with van der Waals surface area (Å²) in [4.78, 5) is 0. The van der Waals surface area contributed by atoms with Gasteiger partial charge < -0.3 is 10.8 Å². The van der Waals surface area contributed by atoms with Crippen molar-refractivity contribution in [2.75, 3.05) is 0 Å². The fourth-order valence-corrected chi connectivity index (χ4v) is 1.20. The molecule has 0 heterocycles.